The van der Waals surface area contributed by atoms with Crippen molar-refractivity contribution in [3.63, 3.8) is 0 Å². The number of rotatable bonds is 4. The Morgan fingerprint density at radius 3 is 2.50 bits per heavy atom. The number of amides is 1. The van der Waals surface area contributed by atoms with Crippen LogP contribution < -0.4 is 10.6 Å². The fraction of sp³-hybridized carbons (Fsp3) is 0.125. The van der Waals surface area contributed by atoms with Gasteiger partial charge in [-0.15, -0.1) is 0 Å². The number of carbonyl (C=O) groups is 1. The Morgan fingerprint density at radius 2 is 1.85 bits per heavy atom. The van der Waals surface area contributed by atoms with Crippen LogP contribution in [0.4, 0.5) is 11.4 Å². The Balaban J connectivity index is 2.17. The summed E-state index contributed by atoms with van der Waals surface area (Å²) in [4.78, 5) is 12.2. The smallest absolute Gasteiger partial charge is 0.257 e. The number of nitriles is 1. The summed E-state index contributed by atoms with van der Waals surface area (Å²) in [6.45, 7) is 2.73. The van der Waals surface area contributed by atoms with Gasteiger partial charge in [-0.1, -0.05) is 12.1 Å². The van der Waals surface area contributed by atoms with E-state index in [0.29, 0.717) is 16.8 Å². The molecule has 0 saturated carbocycles. The van der Waals surface area contributed by atoms with Gasteiger partial charge in [-0.3, -0.25) is 4.79 Å². The molecule has 0 saturated heterocycles. The molecule has 0 aliphatic heterocycles. The first-order valence-corrected chi connectivity index (χ1v) is 6.39. The van der Waals surface area contributed by atoms with Crippen molar-refractivity contribution < 1.29 is 4.79 Å². The lowest BCUT2D eigenvalue weighted by Gasteiger charge is -2.11. The number of nitrogens with zero attached hydrogens (tertiary/aromatic N) is 1. The zero-order valence-corrected chi connectivity index (χ0v) is 11.2. The lowest BCUT2D eigenvalue weighted by molar-refractivity contribution is 0.102. The molecule has 0 radical (unpaired) electrons. The molecule has 0 aliphatic carbocycles. The monoisotopic (exact) mass is 265 g/mol. The number of anilines is 2. The second-order valence-electron chi connectivity index (χ2n) is 4.22. The number of hydrogen-bond donors (Lipinski definition) is 2. The van der Waals surface area contributed by atoms with Gasteiger partial charge in [0.1, 0.15) is 0 Å². The molecule has 1 amide bonds. The third-order valence-electron chi connectivity index (χ3n) is 2.81. The summed E-state index contributed by atoms with van der Waals surface area (Å²) in [5, 5.41) is 14.7. The zero-order chi connectivity index (χ0) is 14.4. The summed E-state index contributed by atoms with van der Waals surface area (Å²) in [6, 6.07) is 16.2. The lowest BCUT2D eigenvalue weighted by Crippen LogP contribution is -2.14. The van der Waals surface area contributed by atoms with Crippen molar-refractivity contribution in [2.75, 3.05) is 17.2 Å². The minimum absolute atomic E-state index is 0.175. The van der Waals surface area contributed by atoms with Gasteiger partial charge < -0.3 is 10.6 Å². The average Bonchev–Trinajstić information content (AvgIpc) is 2.49. The van der Waals surface area contributed by atoms with Gasteiger partial charge in [0.25, 0.3) is 5.91 Å². The molecule has 20 heavy (non-hydrogen) atoms. The van der Waals surface area contributed by atoms with Crippen LogP contribution in [0, 0.1) is 11.3 Å². The van der Waals surface area contributed by atoms with Crippen molar-refractivity contribution in [1.82, 2.24) is 0 Å². The van der Waals surface area contributed by atoms with E-state index in [9.17, 15) is 4.79 Å². The SMILES string of the molecule is CCNc1ccccc1C(=O)Nc1ccc(C#N)cc1. The number of nitrogens with one attached hydrogen (secondary N) is 2. The molecule has 0 heterocycles. The fourth-order valence-corrected chi connectivity index (χ4v) is 1.85. The summed E-state index contributed by atoms with van der Waals surface area (Å²) in [5.41, 5.74) is 2.64. The van der Waals surface area contributed by atoms with Crippen molar-refractivity contribution >= 4 is 17.3 Å². The largest absolute Gasteiger partial charge is 0.385 e. The Kier molecular flexibility index (Phi) is 4.35. The van der Waals surface area contributed by atoms with Crippen LogP contribution in [0.15, 0.2) is 48.5 Å². The van der Waals surface area contributed by atoms with Crippen LogP contribution in [0.25, 0.3) is 0 Å². The van der Waals surface area contributed by atoms with E-state index in [1.165, 1.54) is 0 Å². The first-order valence-electron chi connectivity index (χ1n) is 6.39. The number of hydrogen-bond acceptors (Lipinski definition) is 3. The van der Waals surface area contributed by atoms with E-state index >= 15 is 0 Å². The topological polar surface area (TPSA) is 64.9 Å². The molecule has 2 aromatic rings. The normalized spacial score (nSPS) is 9.60. The maximum absolute atomic E-state index is 12.2. The first kappa shape index (κ1) is 13.6. The highest BCUT2D eigenvalue weighted by Gasteiger charge is 2.10. The Labute approximate surface area is 118 Å². The predicted octanol–water partition coefficient (Wildman–Crippen LogP) is 3.24. The summed E-state index contributed by atoms with van der Waals surface area (Å²) < 4.78 is 0. The van der Waals surface area contributed by atoms with Crippen molar-refractivity contribution in [3.8, 4) is 6.07 Å². The van der Waals surface area contributed by atoms with E-state index in [2.05, 4.69) is 10.6 Å². The predicted molar refractivity (Wildman–Crippen MR) is 79.7 cm³/mol. The van der Waals surface area contributed by atoms with Gasteiger partial charge in [0.05, 0.1) is 17.2 Å². The van der Waals surface area contributed by atoms with E-state index in [1.54, 1.807) is 30.3 Å². The molecule has 0 aromatic heterocycles. The van der Waals surface area contributed by atoms with Gasteiger partial charge >= 0.3 is 0 Å². The first-order chi connectivity index (χ1) is 9.74. The highest BCUT2D eigenvalue weighted by Crippen LogP contribution is 2.17. The molecule has 2 N–H and O–H groups in total. The number of carbonyl (C=O) groups excluding carboxylic acids is 1. The standard InChI is InChI=1S/C16H15N3O/c1-2-18-15-6-4-3-5-14(15)16(20)19-13-9-7-12(11-17)8-10-13/h3-10,18H,2H2,1H3,(H,19,20). The van der Waals surface area contributed by atoms with Crippen LogP contribution >= 0.6 is 0 Å². The van der Waals surface area contributed by atoms with Crippen LogP contribution in [0.2, 0.25) is 0 Å². The maximum atomic E-state index is 12.2. The highest BCUT2D eigenvalue weighted by molar-refractivity contribution is 6.08. The molecular weight excluding hydrogens is 250 g/mol. The van der Waals surface area contributed by atoms with Crippen LogP contribution in [0.5, 0.6) is 0 Å². The van der Waals surface area contributed by atoms with Crippen LogP contribution in [-0.4, -0.2) is 12.5 Å². The van der Waals surface area contributed by atoms with Gasteiger partial charge in [0.2, 0.25) is 0 Å². The van der Waals surface area contributed by atoms with Gasteiger partial charge in [-0.25, -0.2) is 0 Å². The molecular formula is C16H15N3O. The molecule has 100 valence electrons. The Hall–Kier alpha value is -2.80. The van der Waals surface area contributed by atoms with Crippen molar-refractivity contribution in [2.45, 2.75) is 6.92 Å². The van der Waals surface area contributed by atoms with Crippen LogP contribution in [0.1, 0.15) is 22.8 Å². The molecule has 0 spiro atoms. The van der Waals surface area contributed by atoms with Gasteiger partial charge in [-0.2, -0.15) is 5.26 Å². The number of benzene rings is 2. The molecule has 0 bridgehead atoms. The minimum atomic E-state index is -0.175. The Morgan fingerprint density at radius 1 is 1.15 bits per heavy atom. The summed E-state index contributed by atoms with van der Waals surface area (Å²) in [7, 11) is 0. The van der Waals surface area contributed by atoms with Crippen molar-refractivity contribution in [1.29, 1.82) is 5.26 Å². The van der Waals surface area contributed by atoms with Gasteiger partial charge in [0.15, 0.2) is 0 Å². The minimum Gasteiger partial charge on any atom is -0.385 e. The second kappa shape index (κ2) is 6.39. The third kappa shape index (κ3) is 3.15. The van der Waals surface area contributed by atoms with Crippen LogP contribution in [-0.2, 0) is 0 Å². The molecule has 0 atom stereocenters. The van der Waals surface area contributed by atoms with Crippen LogP contribution in [0.3, 0.4) is 0 Å². The molecule has 0 aliphatic rings. The summed E-state index contributed by atoms with van der Waals surface area (Å²) >= 11 is 0. The van der Waals surface area contributed by atoms with Crippen molar-refractivity contribution in [2.24, 2.45) is 0 Å². The molecule has 0 fully saturated rings. The third-order valence-corrected chi connectivity index (χ3v) is 2.81. The maximum Gasteiger partial charge on any atom is 0.257 e. The molecule has 4 heteroatoms. The molecule has 0 unspecified atom stereocenters. The van der Waals surface area contributed by atoms with E-state index in [4.69, 9.17) is 5.26 Å². The summed E-state index contributed by atoms with van der Waals surface area (Å²) in [5.74, 6) is -0.175. The molecule has 4 nitrogen and oxygen atoms in total. The fourth-order valence-electron chi connectivity index (χ4n) is 1.85. The number of para-hydroxylation sites is 1. The van der Waals surface area contributed by atoms with E-state index in [1.807, 2.05) is 31.2 Å². The van der Waals surface area contributed by atoms with E-state index in [-0.39, 0.29) is 5.91 Å². The molecule has 2 aromatic carbocycles. The lowest BCUT2D eigenvalue weighted by atomic mass is 10.1. The van der Waals surface area contributed by atoms with E-state index < -0.39 is 0 Å². The van der Waals surface area contributed by atoms with Crippen molar-refractivity contribution in [3.05, 3.63) is 59.7 Å². The zero-order valence-electron chi connectivity index (χ0n) is 11.2. The molecule has 2 rings (SSSR count). The Bertz CT molecular complexity index is 642. The quantitative estimate of drug-likeness (QED) is 0.891. The highest BCUT2D eigenvalue weighted by atomic mass is 16.1. The second-order valence-corrected chi connectivity index (χ2v) is 4.22. The average molecular weight is 265 g/mol. The van der Waals surface area contributed by atoms with Gasteiger partial charge in [0, 0.05) is 17.9 Å². The summed E-state index contributed by atoms with van der Waals surface area (Å²) in [6.07, 6.45) is 0. The van der Waals surface area contributed by atoms with E-state index in [0.717, 1.165) is 12.2 Å². The van der Waals surface area contributed by atoms with Gasteiger partial charge in [-0.05, 0) is 43.3 Å².